The molecule has 8 nitrogen and oxygen atoms in total. The summed E-state index contributed by atoms with van der Waals surface area (Å²) in [5.41, 5.74) is 0.480. The van der Waals surface area contributed by atoms with Crippen molar-refractivity contribution in [1.82, 2.24) is 19.7 Å². The molecule has 0 saturated heterocycles. The number of halogens is 1. The van der Waals surface area contributed by atoms with Gasteiger partial charge in [-0.1, -0.05) is 0 Å². The van der Waals surface area contributed by atoms with Crippen molar-refractivity contribution in [2.75, 3.05) is 20.8 Å². The van der Waals surface area contributed by atoms with Gasteiger partial charge in [-0.05, 0) is 54.0 Å². The molecule has 0 fully saturated rings. The third kappa shape index (κ3) is 4.28. The molecule has 1 N–H and O–H groups in total. The summed E-state index contributed by atoms with van der Waals surface area (Å²) in [6.07, 6.45) is 3.60. The molecule has 0 aliphatic carbocycles. The van der Waals surface area contributed by atoms with Crippen molar-refractivity contribution in [3.8, 4) is 11.5 Å². The second kappa shape index (κ2) is 8.77. The predicted octanol–water partition coefficient (Wildman–Crippen LogP) is 1.82. The topological polar surface area (TPSA) is 87.4 Å². The van der Waals surface area contributed by atoms with Crippen LogP contribution in [0, 0.1) is 3.57 Å². The van der Waals surface area contributed by atoms with Crippen molar-refractivity contribution in [1.29, 1.82) is 0 Å². The van der Waals surface area contributed by atoms with E-state index >= 15 is 0 Å². The number of benzene rings is 1. The van der Waals surface area contributed by atoms with Crippen LogP contribution < -0.4 is 20.5 Å². The molecule has 0 unspecified atom stereocenters. The molecule has 0 saturated carbocycles. The van der Waals surface area contributed by atoms with Crippen LogP contribution in [0.2, 0.25) is 0 Å². The van der Waals surface area contributed by atoms with Gasteiger partial charge in [0, 0.05) is 29.6 Å². The quantitative estimate of drug-likeness (QED) is 0.477. The molecular formula is C18H23IN4O4. The molecule has 1 aromatic carbocycles. The van der Waals surface area contributed by atoms with Gasteiger partial charge in [-0.2, -0.15) is 5.10 Å². The molecule has 1 aromatic heterocycles. The Labute approximate surface area is 171 Å². The summed E-state index contributed by atoms with van der Waals surface area (Å²) in [4.78, 5) is 24.8. The molecule has 2 heterocycles. The van der Waals surface area contributed by atoms with Gasteiger partial charge >= 0.3 is 5.69 Å². The first-order valence-electron chi connectivity index (χ1n) is 8.91. The van der Waals surface area contributed by atoms with Gasteiger partial charge in [0.25, 0.3) is 5.91 Å². The number of carbonyl (C=O) groups is 1. The number of aryl methyl sites for hydroxylation is 2. The number of hydrogen-bond donors (Lipinski definition) is 1. The van der Waals surface area contributed by atoms with E-state index in [0.29, 0.717) is 36.6 Å². The fourth-order valence-corrected chi connectivity index (χ4v) is 3.83. The van der Waals surface area contributed by atoms with Crippen LogP contribution in [0.4, 0.5) is 0 Å². The summed E-state index contributed by atoms with van der Waals surface area (Å²) in [7, 11) is 3.10. The number of amides is 1. The van der Waals surface area contributed by atoms with Gasteiger partial charge in [0.1, 0.15) is 5.82 Å². The Kier molecular flexibility index (Phi) is 6.40. The number of nitrogens with zero attached hydrogens (tertiary/aromatic N) is 3. The normalized spacial score (nSPS) is 13.1. The molecule has 0 bridgehead atoms. The van der Waals surface area contributed by atoms with E-state index in [4.69, 9.17) is 9.47 Å². The van der Waals surface area contributed by atoms with Crippen LogP contribution in [-0.4, -0.2) is 41.0 Å². The fraction of sp³-hybridized carbons (Fsp3) is 0.500. The average Bonchev–Trinajstić information content (AvgIpc) is 3.00. The van der Waals surface area contributed by atoms with E-state index in [0.717, 1.165) is 35.2 Å². The Balaban J connectivity index is 1.57. The molecule has 1 aliphatic rings. The maximum absolute atomic E-state index is 12.5. The molecule has 2 aromatic rings. The van der Waals surface area contributed by atoms with Crippen LogP contribution in [-0.2, 0) is 19.5 Å². The molecule has 1 amide bonds. The van der Waals surface area contributed by atoms with Crippen molar-refractivity contribution < 1.29 is 14.3 Å². The van der Waals surface area contributed by atoms with Crippen molar-refractivity contribution >= 4 is 28.5 Å². The number of methoxy groups -OCH3 is 2. The van der Waals surface area contributed by atoms with Gasteiger partial charge in [-0.25, -0.2) is 9.48 Å². The second-order valence-electron chi connectivity index (χ2n) is 6.33. The number of hydrogen-bond acceptors (Lipinski definition) is 5. The first-order chi connectivity index (χ1) is 13.0. The average molecular weight is 486 g/mol. The van der Waals surface area contributed by atoms with Crippen LogP contribution >= 0.6 is 22.6 Å². The lowest BCUT2D eigenvalue weighted by atomic mass is 10.2. The van der Waals surface area contributed by atoms with Crippen molar-refractivity contribution in [2.45, 2.75) is 38.8 Å². The smallest absolute Gasteiger partial charge is 0.345 e. The number of fused-ring (bicyclic) bond motifs is 1. The van der Waals surface area contributed by atoms with Gasteiger partial charge in [-0.3, -0.25) is 9.36 Å². The summed E-state index contributed by atoms with van der Waals surface area (Å²) >= 11 is 2.10. The van der Waals surface area contributed by atoms with Gasteiger partial charge in [0.15, 0.2) is 11.5 Å². The van der Waals surface area contributed by atoms with E-state index in [9.17, 15) is 9.59 Å². The third-order valence-electron chi connectivity index (χ3n) is 4.58. The van der Waals surface area contributed by atoms with Crippen molar-refractivity contribution in [3.05, 3.63) is 37.6 Å². The maximum atomic E-state index is 12.5. The van der Waals surface area contributed by atoms with E-state index in [-0.39, 0.29) is 11.6 Å². The van der Waals surface area contributed by atoms with E-state index < -0.39 is 0 Å². The Morgan fingerprint density at radius 1 is 1.26 bits per heavy atom. The maximum Gasteiger partial charge on any atom is 0.345 e. The van der Waals surface area contributed by atoms with Gasteiger partial charge < -0.3 is 14.8 Å². The van der Waals surface area contributed by atoms with E-state index in [1.54, 1.807) is 23.8 Å². The molecule has 146 valence electrons. The lowest BCUT2D eigenvalue weighted by Gasteiger charge is -2.12. The van der Waals surface area contributed by atoms with Gasteiger partial charge in [0.05, 0.1) is 19.8 Å². The second-order valence-corrected chi connectivity index (χ2v) is 7.49. The third-order valence-corrected chi connectivity index (χ3v) is 5.47. The summed E-state index contributed by atoms with van der Waals surface area (Å²) < 4.78 is 14.5. The summed E-state index contributed by atoms with van der Waals surface area (Å²) in [6.45, 7) is 1.70. The molecule has 1 aliphatic heterocycles. The first-order valence-corrected chi connectivity index (χ1v) is 9.99. The number of carbonyl (C=O) groups excluding carboxylic acids is 1. The lowest BCUT2D eigenvalue weighted by molar-refractivity contribution is 0.0951. The molecule has 9 heteroatoms. The first kappa shape index (κ1) is 19.7. The molecule has 3 rings (SSSR count). The van der Waals surface area contributed by atoms with Crippen LogP contribution in [0.3, 0.4) is 0 Å². The zero-order valence-electron chi connectivity index (χ0n) is 15.5. The Morgan fingerprint density at radius 3 is 2.70 bits per heavy atom. The number of aromatic nitrogens is 3. The van der Waals surface area contributed by atoms with Crippen LogP contribution in [0.25, 0.3) is 0 Å². The van der Waals surface area contributed by atoms with E-state index in [1.807, 2.05) is 0 Å². The standard InChI is InChI=1S/C18H23IN4O4/c1-26-14-10-12(13(19)11-15(14)27-2)17(24)20-7-5-9-23-18(25)22-8-4-3-6-16(22)21-23/h10-11H,3-9H2,1-2H3,(H,20,24). The summed E-state index contributed by atoms with van der Waals surface area (Å²) in [5.74, 6) is 1.78. The zero-order chi connectivity index (χ0) is 19.4. The minimum atomic E-state index is -0.183. The van der Waals surface area contributed by atoms with Crippen LogP contribution in [0.5, 0.6) is 11.5 Å². The molecular weight excluding hydrogens is 463 g/mol. The molecule has 27 heavy (non-hydrogen) atoms. The highest BCUT2D eigenvalue weighted by molar-refractivity contribution is 14.1. The summed E-state index contributed by atoms with van der Waals surface area (Å²) in [5, 5.41) is 7.29. The van der Waals surface area contributed by atoms with Crippen molar-refractivity contribution in [2.24, 2.45) is 0 Å². The van der Waals surface area contributed by atoms with Crippen LogP contribution in [0.1, 0.15) is 35.4 Å². The van der Waals surface area contributed by atoms with Gasteiger partial charge in [0.2, 0.25) is 0 Å². The highest BCUT2D eigenvalue weighted by Crippen LogP contribution is 2.31. The SMILES string of the molecule is COc1cc(I)c(C(=O)NCCCn2nc3n(c2=O)CCCC3)cc1OC. The van der Waals surface area contributed by atoms with E-state index in [2.05, 4.69) is 33.0 Å². The highest BCUT2D eigenvalue weighted by atomic mass is 127. The Morgan fingerprint density at radius 2 is 2.00 bits per heavy atom. The fourth-order valence-electron chi connectivity index (χ4n) is 3.15. The van der Waals surface area contributed by atoms with Crippen LogP contribution in [0.15, 0.2) is 16.9 Å². The molecule has 0 spiro atoms. The molecule has 0 radical (unpaired) electrons. The largest absolute Gasteiger partial charge is 0.493 e. The Bertz CT molecular complexity index is 890. The highest BCUT2D eigenvalue weighted by Gasteiger charge is 2.17. The Hall–Kier alpha value is -2.04. The van der Waals surface area contributed by atoms with Gasteiger partial charge in [-0.15, -0.1) is 0 Å². The lowest BCUT2D eigenvalue weighted by Crippen LogP contribution is -2.29. The number of nitrogens with one attached hydrogen (secondary N) is 1. The minimum absolute atomic E-state index is 0.0505. The number of ether oxygens (including phenoxy) is 2. The predicted molar refractivity (Wildman–Crippen MR) is 109 cm³/mol. The van der Waals surface area contributed by atoms with E-state index in [1.165, 1.54) is 11.8 Å². The minimum Gasteiger partial charge on any atom is -0.493 e. The van der Waals surface area contributed by atoms with Crippen molar-refractivity contribution in [3.63, 3.8) is 0 Å². The summed E-state index contributed by atoms with van der Waals surface area (Å²) in [6, 6.07) is 3.44. The molecule has 0 atom stereocenters. The number of rotatable bonds is 7. The monoisotopic (exact) mass is 486 g/mol. The zero-order valence-corrected chi connectivity index (χ0v) is 17.6.